The number of nitrogens with zero attached hydrogens (tertiary/aromatic N) is 1. The van der Waals surface area contributed by atoms with Crippen molar-refractivity contribution in [2.24, 2.45) is 5.73 Å². The van der Waals surface area contributed by atoms with Crippen molar-refractivity contribution in [3.63, 3.8) is 0 Å². The van der Waals surface area contributed by atoms with Gasteiger partial charge in [-0.2, -0.15) is 0 Å². The SMILES string of the molecule is COC1CN(C2(CN)CCc3ccccc3C2)CC1OC. The minimum Gasteiger partial charge on any atom is -0.377 e. The zero-order chi connectivity index (χ0) is 14.9. The predicted molar refractivity (Wildman–Crippen MR) is 83.4 cm³/mol. The molecule has 0 bridgehead atoms. The van der Waals surface area contributed by atoms with Crippen LogP contribution in [0.15, 0.2) is 24.3 Å². The number of hydrogen-bond donors (Lipinski definition) is 1. The maximum Gasteiger partial charge on any atom is 0.0972 e. The lowest BCUT2D eigenvalue weighted by molar-refractivity contribution is -0.00461. The molecule has 3 atom stereocenters. The van der Waals surface area contributed by atoms with Crippen LogP contribution in [0, 0.1) is 0 Å². The van der Waals surface area contributed by atoms with Crippen LogP contribution in [-0.2, 0) is 22.3 Å². The molecule has 3 rings (SSSR count). The van der Waals surface area contributed by atoms with Gasteiger partial charge in [-0.15, -0.1) is 0 Å². The van der Waals surface area contributed by atoms with Gasteiger partial charge in [-0.1, -0.05) is 24.3 Å². The average Bonchev–Trinajstić information content (AvgIpc) is 2.98. The van der Waals surface area contributed by atoms with Crippen molar-refractivity contribution in [1.82, 2.24) is 4.90 Å². The van der Waals surface area contributed by atoms with E-state index in [9.17, 15) is 0 Å². The summed E-state index contributed by atoms with van der Waals surface area (Å²) in [6.45, 7) is 2.51. The lowest BCUT2D eigenvalue weighted by Crippen LogP contribution is -2.56. The Bertz CT molecular complexity index is 481. The zero-order valence-electron chi connectivity index (χ0n) is 13.0. The van der Waals surface area contributed by atoms with Crippen LogP contribution in [0.1, 0.15) is 17.5 Å². The highest BCUT2D eigenvalue weighted by Crippen LogP contribution is 2.35. The molecule has 1 aromatic carbocycles. The van der Waals surface area contributed by atoms with E-state index in [0.29, 0.717) is 6.54 Å². The van der Waals surface area contributed by atoms with Crippen molar-refractivity contribution >= 4 is 0 Å². The van der Waals surface area contributed by atoms with E-state index in [-0.39, 0.29) is 17.7 Å². The number of aryl methyl sites for hydroxylation is 1. The van der Waals surface area contributed by atoms with Crippen molar-refractivity contribution in [1.29, 1.82) is 0 Å². The number of hydrogen-bond acceptors (Lipinski definition) is 4. The van der Waals surface area contributed by atoms with Gasteiger partial charge in [0.25, 0.3) is 0 Å². The molecule has 1 aliphatic carbocycles. The van der Waals surface area contributed by atoms with Crippen LogP contribution in [-0.4, -0.2) is 56.5 Å². The summed E-state index contributed by atoms with van der Waals surface area (Å²) in [5, 5.41) is 0. The van der Waals surface area contributed by atoms with Gasteiger partial charge in [-0.3, -0.25) is 4.90 Å². The third-order valence-electron chi connectivity index (χ3n) is 5.37. The van der Waals surface area contributed by atoms with Crippen molar-refractivity contribution in [2.75, 3.05) is 33.9 Å². The van der Waals surface area contributed by atoms with Crippen LogP contribution >= 0.6 is 0 Å². The molecule has 4 heteroatoms. The third-order valence-corrected chi connectivity index (χ3v) is 5.37. The van der Waals surface area contributed by atoms with Crippen LogP contribution in [0.25, 0.3) is 0 Å². The second-order valence-corrected chi connectivity index (χ2v) is 6.33. The molecule has 0 aromatic heterocycles. The highest BCUT2D eigenvalue weighted by atomic mass is 16.5. The van der Waals surface area contributed by atoms with Crippen LogP contribution in [0.4, 0.5) is 0 Å². The first-order chi connectivity index (χ1) is 10.2. The molecule has 1 heterocycles. The smallest absolute Gasteiger partial charge is 0.0972 e. The van der Waals surface area contributed by atoms with E-state index >= 15 is 0 Å². The molecule has 116 valence electrons. The van der Waals surface area contributed by atoms with Crippen molar-refractivity contribution in [3.8, 4) is 0 Å². The minimum absolute atomic E-state index is 0.0540. The summed E-state index contributed by atoms with van der Waals surface area (Å²) >= 11 is 0. The number of benzene rings is 1. The fourth-order valence-electron chi connectivity index (χ4n) is 3.94. The zero-order valence-corrected chi connectivity index (χ0v) is 13.0. The van der Waals surface area contributed by atoms with Crippen LogP contribution in [0.5, 0.6) is 0 Å². The van der Waals surface area contributed by atoms with E-state index in [1.807, 2.05) is 0 Å². The monoisotopic (exact) mass is 290 g/mol. The molecule has 0 saturated carbocycles. The van der Waals surface area contributed by atoms with Gasteiger partial charge in [0, 0.05) is 39.4 Å². The standard InChI is InChI=1S/C17H26N2O2/c1-20-15-10-19(11-16(15)21-2)17(12-18)8-7-13-5-3-4-6-14(13)9-17/h3-6,15-16H,7-12,18H2,1-2H3. The first kappa shape index (κ1) is 15.0. The first-order valence-corrected chi connectivity index (χ1v) is 7.80. The van der Waals surface area contributed by atoms with Gasteiger partial charge in [0.1, 0.15) is 0 Å². The molecule has 1 aromatic rings. The molecule has 2 N–H and O–H groups in total. The lowest BCUT2D eigenvalue weighted by atomic mass is 9.77. The topological polar surface area (TPSA) is 47.7 Å². The summed E-state index contributed by atoms with van der Waals surface area (Å²) in [5.74, 6) is 0. The van der Waals surface area contributed by atoms with Crippen molar-refractivity contribution in [3.05, 3.63) is 35.4 Å². The van der Waals surface area contributed by atoms with Crippen LogP contribution in [0.3, 0.4) is 0 Å². The highest BCUT2D eigenvalue weighted by Gasteiger charge is 2.45. The summed E-state index contributed by atoms with van der Waals surface area (Å²) in [6.07, 6.45) is 3.56. The van der Waals surface area contributed by atoms with Crippen LogP contribution < -0.4 is 5.73 Å². The summed E-state index contributed by atoms with van der Waals surface area (Å²) in [6, 6.07) is 8.75. The van der Waals surface area contributed by atoms with E-state index in [1.165, 1.54) is 11.1 Å². The molecule has 3 unspecified atom stereocenters. The number of fused-ring (bicyclic) bond motifs is 1. The molecule has 0 amide bonds. The Kier molecular flexibility index (Phi) is 4.31. The average molecular weight is 290 g/mol. The molecule has 1 aliphatic heterocycles. The normalized spacial score (nSPS) is 33.1. The number of methoxy groups -OCH3 is 2. The van der Waals surface area contributed by atoms with E-state index in [1.54, 1.807) is 14.2 Å². The van der Waals surface area contributed by atoms with E-state index < -0.39 is 0 Å². The fourth-order valence-corrected chi connectivity index (χ4v) is 3.94. The Morgan fingerprint density at radius 3 is 2.33 bits per heavy atom. The van der Waals surface area contributed by atoms with Crippen molar-refractivity contribution < 1.29 is 9.47 Å². The molecular weight excluding hydrogens is 264 g/mol. The quantitative estimate of drug-likeness (QED) is 0.906. The summed E-state index contributed by atoms with van der Waals surface area (Å²) in [4.78, 5) is 2.51. The Morgan fingerprint density at radius 1 is 1.14 bits per heavy atom. The van der Waals surface area contributed by atoms with Crippen molar-refractivity contribution in [2.45, 2.75) is 37.0 Å². The summed E-state index contributed by atoms with van der Waals surface area (Å²) in [5.41, 5.74) is 9.21. The van der Waals surface area contributed by atoms with Gasteiger partial charge >= 0.3 is 0 Å². The number of likely N-dealkylation sites (tertiary alicyclic amines) is 1. The first-order valence-electron chi connectivity index (χ1n) is 7.80. The second-order valence-electron chi connectivity index (χ2n) is 6.33. The van der Waals surface area contributed by atoms with Gasteiger partial charge in [-0.25, -0.2) is 0 Å². The number of nitrogens with two attached hydrogens (primary N) is 1. The predicted octanol–water partition coefficient (Wildman–Crippen LogP) is 1.22. The van der Waals surface area contributed by atoms with Gasteiger partial charge in [0.05, 0.1) is 12.2 Å². The molecule has 21 heavy (non-hydrogen) atoms. The highest BCUT2D eigenvalue weighted by molar-refractivity contribution is 5.32. The maximum atomic E-state index is 6.23. The van der Waals surface area contributed by atoms with Gasteiger partial charge in [0.2, 0.25) is 0 Å². The molecule has 0 spiro atoms. The molecule has 0 radical (unpaired) electrons. The van der Waals surface area contributed by atoms with E-state index in [0.717, 1.165) is 32.4 Å². The minimum atomic E-state index is 0.0540. The molecule has 4 nitrogen and oxygen atoms in total. The number of ether oxygens (including phenoxy) is 2. The Labute approximate surface area is 127 Å². The second kappa shape index (κ2) is 6.05. The molecular formula is C17H26N2O2. The van der Waals surface area contributed by atoms with E-state index in [2.05, 4.69) is 29.2 Å². The molecule has 1 saturated heterocycles. The Balaban J connectivity index is 1.83. The fraction of sp³-hybridized carbons (Fsp3) is 0.647. The Hall–Kier alpha value is -0.940. The molecule has 1 fully saturated rings. The number of rotatable bonds is 4. The van der Waals surface area contributed by atoms with Gasteiger partial charge in [0.15, 0.2) is 0 Å². The van der Waals surface area contributed by atoms with Gasteiger partial charge in [-0.05, 0) is 30.4 Å². The third kappa shape index (κ3) is 2.61. The maximum absolute atomic E-state index is 6.23. The Morgan fingerprint density at radius 2 is 1.76 bits per heavy atom. The van der Waals surface area contributed by atoms with Gasteiger partial charge < -0.3 is 15.2 Å². The van der Waals surface area contributed by atoms with E-state index in [4.69, 9.17) is 15.2 Å². The largest absolute Gasteiger partial charge is 0.377 e. The lowest BCUT2D eigenvalue weighted by Gasteiger charge is -2.44. The van der Waals surface area contributed by atoms with Crippen LogP contribution in [0.2, 0.25) is 0 Å². The summed E-state index contributed by atoms with van der Waals surface area (Å²) in [7, 11) is 3.54. The molecule has 2 aliphatic rings. The summed E-state index contributed by atoms with van der Waals surface area (Å²) < 4.78 is 11.2.